The molecule has 2 aliphatic rings. The van der Waals surface area contributed by atoms with Crippen LogP contribution >= 0.6 is 0 Å². The van der Waals surface area contributed by atoms with Crippen molar-refractivity contribution in [3.63, 3.8) is 0 Å². The van der Waals surface area contributed by atoms with E-state index in [2.05, 4.69) is 15.7 Å². The molecular formula is C21H27FN4O. The summed E-state index contributed by atoms with van der Waals surface area (Å²) in [5, 5.41) is 11.1. The maximum Gasteiger partial charge on any atom is 0.237 e. The minimum absolute atomic E-state index is 0.0748. The van der Waals surface area contributed by atoms with Gasteiger partial charge in [-0.15, -0.1) is 0 Å². The molecular weight excluding hydrogens is 343 g/mol. The lowest BCUT2D eigenvalue weighted by atomic mass is 9.85. The fourth-order valence-electron chi connectivity index (χ4n) is 4.60. The number of carbonyl (C=O) groups is 1. The maximum atomic E-state index is 13.2. The Kier molecular flexibility index (Phi) is 5.00. The lowest BCUT2D eigenvalue weighted by Crippen LogP contribution is -2.43. The molecule has 1 saturated heterocycles. The van der Waals surface area contributed by atoms with Crippen molar-refractivity contribution in [1.82, 2.24) is 20.4 Å². The lowest BCUT2D eigenvalue weighted by molar-refractivity contribution is -0.123. The van der Waals surface area contributed by atoms with E-state index < -0.39 is 0 Å². The van der Waals surface area contributed by atoms with Crippen molar-refractivity contribution in [2.24, 2.45) is 5.92 Å². The van der Waals surface area contributed by atoms with E-state index in [-0.39, 0.29) is 23.8 Å². The second-order valence-corrected chi connectivity index (χ2v) is 7.91. The quantitative estimate of drug-likeness (QED) is 0.867. The molecule has 1 saturated carbocycles. The van der Waals surface area contributed by atoms with E-state index in [4.69, 9.17) is 0 Å². The predicted octanol–water partition coefficient (Wildman–Crippen LogP) is 3.42. The Morgan fingerprint density at radius 3 is 2.78 bits per heavy atom. The van der Waals surface area contributed by atoms with Crippen LogP contribution in [0.5, 0.6) is 0 Å². The summed E-state index contributed by atoms with van der Waals surface area (Å²) in [5.74, 6) is 0.452. The highest BCUT2D eigenvalue weighted by molar-refractivity contribution is 5.82. The van der Waals surface area contributed by atoms with Crippen LogP contribution in [-0.4, -0.2) is 27.8 Å². The zero-order valence-corrected chi connectivity index (χ0v) is 15.9. The van der Waals surface area contributed by atoms with Gasteiger partial charge in [-0.2, -0.15) is 5.10 Å². The predicted molar refractivity (Wildman–Crippen MR) is 102 cm³/mol. The Hall–Kier alpha value is -2.21. The van der Waals surface area contributed by atoms with Crippen molar-refractivity contribution in [2.45, 2.75) is 64.1 Å². The summed E-state index contributed by atoms with van der Waals surface area (Å²) in [6.07, 6.45) is 7.70. The van der Waals surface area contributed by atoms with E-state index in [0.29, 0.717) is 12.0 Å². The van der Waals surface area contributed by atoms with Gasteiger partial charge in [-0.05, 0) is 63.3 Å². The number of rotatable bonds is 4. The van der Waals surface area contributed by atoms with Crippen molar-refractivity contribution < 1.29 is 9.18 Å². The monoisotopic (exact) mass is 370 g/mol. The standard InChI is InChI=1S/C21H27FN4O/c1-13(24-21(27)20-11-15-5-3-4-6-19(15)25-20)18-12-23-26(14(18)2)17-9-7-16(22)8-10-17/h7-10,12-13,15,19-20,25H,3-6,11H2,1-2H3,(H,24,27). The molecule has 27 heavy (non-hydrogen) atoms. The number of aromatic nitrogens is 2. The maximum absolute atomic E-state index is 13.2. The van der Waals surface area contributed by atoms with Crippen molar-refractivity contribution in [1.29, 1.82) is 0 Å². The Labute approximate surface area is 159 Å². The highest BCUT2D eigenvalue weighted by Crippen LogP contribution is 2.33. The zero-order valence-electron chi connectivity index (χ0n) is 15.9. The first-order valence-corrected chi connectivity index (χ1v) is 9.90. The number of nitrogens with one attached hydrogen (secondary N) is 2. The molecule has 5 nitrogen and oxygen atoms in total. The number of amides is 1. The summed E-state index contributed by atoms with van der Waals surface area (Å²) in [6, 6.07) is 6.54. The van der Waals surface area contributed by atoms with Crippen LogP contribution in [0.15, 0.2) is 30.5 Å². The number of hydrogen-bond donors (Lipinski definition) is 2. The Bertz CT molecular complexity index is 802. The number of benzene rings is 1. The van der Waals surface area contributed by atoms with Gasteiger partial charge in [-0.1, -0.05) is 12.8 Å². The van der Waals surface area contributed by atoms with Gasteiger partial charge in [0.25, 0.3) is 0 Å². The molecule has 144 valence electrons. The first-order valence-electron chi connectivity index (χ1n) is 9.90. The van der Waals surface area contributed by atoms with E-state index in [0.717, 1.165) is 23.4 Å². The molecule has 4 rings (SSSR count). The van der Waals surface area contributed by atoms with Gasteiger partial charge in [-0.25, -0.2) is 9.07 Å². The molecule has 1 aliphatic heterocycles. The minimum Gasteiger partial charge on any atom is -0.348 e. The molecule has 1 aliphatic carbocycles. The third-order valence-corrected chi connectivity index (χ3v) is 6.12. The molecule has 4 atom stereocenters. The van der Waals surface area contributed by atoms with Gasteiger partial charge in [0.05, 0.1) is 24.0 Å². The molecule has 1 aromatic carbocycles. The van der Waals surface area contributed by atoms with Gasteiger partial charge in [0.1, 0.15) is 5.82 Å². The molecule has 2 fully saturated rings. The molecule has 6 heteroatoms. The van der Waals surface area contributed by atoms with Crippen LogP contribution in [0.2, 0.25) is 0 Å². The molecule has 2 N–H and O–H groups in total. The third-order valence-electron chi connectivity index (χ3n) is 6.12. The third kappa shape index (κ3) is 3.63. The van der Waals surface area contributed by atoms with Crippen LogP contribution in [0.25, 0.3) is 5.69 Å². The number of hydrogen-bond acceptors (Lipinski definition) is 3. The molecule has 0 radical (unpaired) electrons. The van der Waals surface area contributed by atoms with Crippen LogP contribution in [0.3, 0.4) is 0 Å². The van der Waals surface area contributed by atoms with Gasteiger partial charge < -0.3 is 10.6 Å². The first kappa shape index (κ1) is 18.2. The highest BCUT2D eigenvalue weighted by atomic mass is 19.1. The van der Waals surface area contributed by atoms with Gasteiger partial charge in [0.2, 0.25) is 5.91 Å². The molecule has 1 aromatic heterocycles. The summed E-state index contributed by atoms with van der Waals surface area (Å²) in [6.45, 7) is 3.95. The zero-order chi connectivity index (χ0) is 19.0. The summed E-state index contributed by atoms with van der Waals surface area (Å²) < 4.78 is 14.9. The summed E-state index contributed by atoms with van der Waals surface area (Å²) in [4.78, 5) is 12.8. The van der Waals surface area contributed by atoms with Gasteiger partial charge in [0, 0.05) is 17.3 Å². The summed E-state index contributed by atoms with van der Waals surface area (Å²) in [7, 11) is 0. The smallest absolute Gasteiger partial charge is 0.237 e. The minimum atomic E-state index is -0.269. The van der Waals surface area contributed by atoms with Crippen LogP contribution in [0, 0.1) is 18.7 Å². The van der Waals surface area contributed by atoms with Crippen molar-refractivity contribution >= 4 is 5.91 Å². The number of halogens is 1. The number of nitrogens with zero attached hydrogens (tertiary/aromatic N) is 2. The molecule has 0 bridgehead atoms. The van der Waals surface area contributed by atoms with E-state index in [1.807, 2.05) is 13.8 Å². The second-order valence-electron chi connectivity index (χ2n) is 7.91. The second kappa shape index (κ2) is 7.43. The van der Waals surface area contributed by atoms with E-state index >= 15 is 0 Å². The molecule has 1 amide bonds. The number of fused-ring (bicyclic) bond motifs is 1. The largest absolute Gasteiger partial charge is 0.348 e. The van der Waals surface area contributed by atoms with E-state index in [1.54, 1.807) is 23.0 Å². The van der Waals surface area contributed by atoms with Crippen LogP contribution in [0.1, 0.15) is 56.3 Å². The highest BCUT2D eigenvalue weighted by Gasteiger charge is 2.38. The Morgan fingerprint density at radius 2 is 2.04 bits per heavy atom. The van der Waals surface area contributed by atoms with Crippen LogP contribution in [0.4, 0.5) is 4.39 Å². The summed E-state index contributed by atoms with van der Waals surface area (Å²) in [5.41, 5.74) is 2.73. The molecule has 4 unspecified atom stereocenters. The normalized spacial score (nSPS) is 25.8. The fraction of sp³-hybridized carbons (Fsp3) is 0.524. The fourth-order valence-corrected chi connectivity index (χ4v) is 4.60. The lowest BCUT2D eigenvalue weighted by Gasteiger charge is -2.24. The van der Waals surface area contributed by atoms with Crippen LogP contribution < -0.4 is 10.6 Å². The van der Waals surface area contributed by atoms with Crippen molar-refractivity contribution in [2.75, 3.05) is 0 Å². The van der Waals surface area contributed by atoms with Gasteiger partial charge >= 0.3 is 0 Å². The van der Waals surface area contributed by atoms with E-state index in [1.165, 1.54) is 37.8 Å². The average molecular weight is 370 g/mol. The SMILES string of the molecule is Cc1c(C(C)NC(=O)C2CC3CCCCC3N2)cnn1-c1ccc(F)cc1. The Balaban J connectivity index is 1.43. The molecule has 2 aromatic rings. The van der Waals surface area contributed by atoms with Gasteiger partial charge in [-0.3, -0.25) is 4.79 Å². The Morgan fingerprint density at radius 1 is 1.30 bits per heavy atom. The molecule has 0 spiro atoms. The first-order chi connectivity index (χ1) is 13.0. The summed E-state index contributed by atoms with van der Waals surface area (Å²) >= 11 is 0. The van der Waals surface area contributed by atoms with Crippen LogP contribution in [-0.2, 0) is 4.79 Å². The van der Waals surface area contributed by atoms with Crippen molar-refractivity contribution in [3.05, 3.63) is 47.5 Å². The molecule has 2 heterocycles. The van der Waals surface area contributed by atoms with Gasteiger partial charge in [0.15, 0.2) is 0 Å². The number of carbonyl (C=O) groups excluding carboxylic acids is 1. The average Bonchev–Trinajstić information content (AvgIpc) is 3.26. The van der Waals surface area contributed by atoms with Crippen molar-refractivity contribution in [3.8, 4) is 5.69 Å². The topological polar surface area (TPSA) is 59.0 Å². The van der Waals surface area contributed by atoms with E-state index in [9.17, 15) is 9.18 Å².